The van der Waals surface area contributed by atoms with Gasteiger partial charge in [-0.1, -0.05) is 45.7 Å². The first kappa shape index (κ1) is 20.8. The average molecular weight is 428 g/mol. The zero-order chi connectivity index (χ0) is 21.1. The molecular weight excluding hydrogens is 409 g/mol. The molecule has 0 aliphatic heterocycles. The summed E-state index contributed by atoms with van der Waals surface area (Å²) < 4.78 is 56.9. The van der Waals surface area contributed by atoms with Gasteiger partial charge in [0.1, 0.15) is 5.82 Å². The molecule has 3 rings (SSSR count). The van der Waals surface area contributed by atoms with Crippen LogP contribution in [0.25, 0.3) is 0 Å². The zero-order valence-electron chi connectivity index (χ0n) is 15.8. The largest absolute Gasteiger partial charge is 0.291 e. The van der Waals surface area contributed by atoms with Crippen LogP contribution in [0.2, 0.25) is 0 Å². The van der Waals surface area contributed by atoms with Crippen LogP contribution in [0.15, 0.2) is 86.4 Å². The minimum Gasteiger partial charge on any atom is -0.230 e. The molecule has 0 spiro atoms. The summed E-state index contributed by atoms with van der Waals surface area (Å²) in [6, 6.07) is 18.3. The minimum absolute atomic E-state index is 0.0100. The maximum atomic E-state index is 13.9. The highest BCUT2D eigenvalue weighted by Crippen LogP contribution is 2.21. The third-order valence-corrected chi connectivity index (χ3v) is 7.79. The van der Waals surface area contributed by atoms with E-state index in [0.717, 1.165) is 11.1 Å². The summed E-state index contributed by atoms with van der Waals surface area (Å²) in [7, 11) is -7.97. The summed E-state index contributed by atoms with van der Waals surface area (Å²) in [4.78, 5) is 0.0631. The van der Waals surface area contributed by atoms with Crippen molar-refractivity contribution in [1.82, 2.24) is 0 Å². The first-order valence-corrected chi connectivity index (χ1v) is 11.6. The fourth-order valence-corrected chi connectivity index (χ4v) is 5.88. The second kappa shape index (κ2) is 8.19. The van der Waals surface area contributed by atoms with Gasteiger partial charge in [-0.05, 0) is 61.7 Å². The average Bonchev–Trinajstić information content (AvgIpc) is 2.67. The molecule has 148 valence electrons. The lowest BCUT2D eigenvalue weighted by molar-refractivity contribution is 0.598. The Hall–Kier alpha value is -2.95. The van der Waals surface area contributed by atoms with Crippen molar-refractivity contribution in [3.05, 3.63) is 95.3 Å². The van der Waals surface area contributed by atoms with Crippen LogP contribution in [0.3, 0.4) is 0 Å². The lowest BCUT2D eigenvalue weighted by Crippen LogP contribution is -2.05. The van der Waals surface area contributed by atoms with Crippen molar-refractivity contribution in [2.75, 3.05) is 0 Å². The Morgan fingerprint density at radius 2 is 1.48 bits per heavy atom. The van der Waals surface area contributed by atoms with Crippen molar-refractivity contribution >= 4 is 19.8 Å². The van der Waals surface area contributed by atoms with Crippen molar-refractivity contribution in [1.29, 1.82) is 0 Å². The number of hydrogen-bond acceptors (Lipinski definition) is 3. The molecule has 1 atom stereocenters. The van der Waals surface area contributed by atoms with Crippen LogP contribution in [0.5, 0.6) is 0 Å². The van der Waals surface area contributed by atoms with Gasteiger partial charge in [0.15, 0.2) is 9.73 Å². The second-order valence-electron chi connectivity index (χ2n) is 6.41. The molecule has 0 amide bonds. The predicted molar refractivity (Wildman–Crippen MR) is 112 cm³/mol. The summed E-state index contributed by atoms with van der Waals surface area (Å²) in [5.41, 5.74) is 1.66. The SMILES string of the molecule is Cc1ccc(S(=O)(=O)N=S(=O)(C#Cc2ccccc2F)c2cccc(C)c2)cc1. The molecular formula is C22H18FNO3S2. The van der Waals surface area contributed by atoms with Crippen molar-refractivity contribution < 1.29 is 17.0 Å². The minimum atomic E-state index is -4.26. The van der Waals surface area contributed by atoms with Gasteiger partial charge in [0, 0.05) is 5.25 Å². The number of hydrogen-bond donors (Lipinski definition) is 0. The highest BCUT2D eigenvalue weighted by molar-refractivity contribution is 8.06. The normalized spacial score (nSPS) is 13.1. The molecule has 1 unspecified atom stereocenters. The van der Waals surface area contributed by atoms with Gasteiger partial charge in [0.25, 0.3) is 10.0 Å². The Morgan fingerprint density at radius 3 is 2.14 bits per heavy atom. The summed E-state index contributed by atoms with van der Waals surface area (Å²) in [6.07, 6.45) is 0. The summed E-state index contributed by atoms with van der Waals surface area (Å²) in [5.74, 6) is 1.91. The number of halogens is 1. The van der Waals surface area contributed by atoms with Crippen molar-refractivity contribution in [3.8, 4) is 11.2 Å². The van der Waals surface area contributed by atoms with Crippen LogP contribution < -0.4 is 0 Å². The number of aryl methyl sites for hydroxylation is 2. The molecule has 0 fully saturated rings. The summed E-state index contributed by atoms with van der Waals surface area (Å²) in [6.45, 7) is 3.60. The molecule has 0 aromatic heterocycles. The maximum absolute atomic E-state index is 13.9. The van der Waals surface area contributed by atoms with Crippen LogP contribution in [-0.2, 0) is 19.8 Å². The van der Waals surface area contributed by atoms with Crippen molar-refractivity contribution in [2.45, 2.75) is 23.6 Å². The maximum Gasteiger partial charge on any atom is 0.291 e. The Kier molecular flexibility index (Phi) is 5.87. The van der Waals surface area contributed by atoms with Crippen molar-refractivity contribution in [3.63, 3.8) is 0 Å². The molecule has 3 aromatic carbocycles. The van der Waals surface area contributed by atoms with Gasteiger partial charge in [0.05, 0.1) is 15.4 Å². The molecule has 0 saturated heterocycles. The number of benzene rings is 3. The van der Waals surface area contributed by atoms with Crippen LogP contribution in [0.1, 0.15) is 16.7 Å². The van der Waals surface area contributed by atoms with Crippen LogP contribution >= 0.6 is 0 Å². The first-order valence-electron chi connectivity index (χ1n) is 8.64. The van der Waals surface area contributed by atoms with Crippen molar-refractivity contribution in [2.24, 2.45) is 3.77 Å². The van der Waals surface area contributed by atoms with Gasteiger partial charge in [-0.15, -0.1) is 0 Å². The molecule has 0 radical (unpaired) electrons. The Labute approximate surface area is 170 Å². The number of sulfonamides is 1. The first-order chi connectivity index (χ1) is 13.7. The molecule has 0 saturated carbocycles. The number of rotatable bonds is 3. The van der Waals surface area contributed by atoms with Gasteiger partial charge >= 0.3 is 0 Å². The lowest BCUT2D eigenvalue weighted by Gasteiger charge is -2.06. The Balaban J connectivity index is 2.24. The van der Waals surface area contributed by atoms with Crippen LogP contribution in [0, 0.1) is 30.8 Å². The fourth-order valence-electron chi connectivity index (χ4n) is 2.49. The molecule has 0 heterocycles. The van der Waals surface area contributed by atoms with Crippen LogP contribution in [0.4, 0.5) is 4.39 Å². The standard InChI is InChI=1S/C22H18FNO3S2/c1-17-10-12-20(13-11-17)29(26,27)24-28(25,21-8-5-6-18(2)16-21)15-14-19-7-3-4-9-22(19)23/h3-13,16H,1-2H3. The van der Waals surface area contributed by atoms with Gasteiger partial charge in [0.2, 0.25) is 0 Å². The molecule has 3 aromatic rings. The summed E-state index contributed by atoms with van der Waals surface area (Å²) >= 11 is 0. The number of nitrogens with zero attached hydrogens (tertiary/aromatic N) is 1. The quantitative estimate of drug-likeness (QED) is 0.571. The van der Waals surface area contributed by atoms with E-state index >= 15 is 0 Å². The zero-order valence-corrected chi connectivity index (χ0v) is 17.4. The third kappa shape index (κ3) is 4.91. The topological polar surface area (TPSA) is 63.6 Å². The molecule has 0 N–H and O–H groups in total. The van der Waals surface area contributed by atoms with E-state index in [4.69, 9.17) is 0 Å². The van der Waals surface area contributed by atoms with E-state index in [1.807, 2.05) is 6.92 Å². The van der Waals surface area contributed by atoms with E-state index in [1.54, 1.807) is 43.3 Å². The smallest absolute Gasteiger partial charge is 0.230 e. The predicted octanol–water partition coefficient (Wildman–Crippen LogP) is 4.67. The fraction of sp³-hybridized carbons (Fsp3) is 0.0909. The van der Waals surface area contributed by atoms with Gasteiger partial charge in [-0.3, -0.25) is 0 Å². The molecule has 4 nitrogen and oxygen atoms in total. The Bertz CT molecular complexity index is 1340. The molecule has 0 aliphatic carbocycles. The van der Waals surface area contributed by atoms with Gasteiger partial charge in [-0.25, -0.2) is 8.60 Å². The lowest BCUT2D eigenvalue weighted by atomic mass is 10.2. The highest BCUT2D eigenvalue weighted by atomic mass is 32.3. The monoisotopic (exact) mass is 427 g/mol. The van der Waals surface area contributed by atoms with Gasteiger partial charge in [-0.2, -0.15) is 8.42 Å². The second-order valence-corrected chi connectivity index (χ2v) is 10.2. The molecule has 0 bridgehead atoms. The van der Waals surface area contributed by atoms with Gasteiger partial charge < -0.3 is 0 Å². The Morgan fingerprint density at radius 1 is 0.793 bits per heavy atom. The van der Waals surface area contributed by atoms with E-state index in [-0.39, 0.29) is 15.4 Å². The van der Waals surface area contributed by atoms with E-state index in [9.17, 15) is 17.0 Å². The molecule has 29 heavy (non-hydrogen) atoms. The van der Waals surface area contributed by atoms with E-state index in [1.165, 1.54) is 36.4 Å². The van der Waals surface area contributed by atoms with Crippen LogP contribution in [-0.4, -0.2) is 12.6 Å². The van der Waals surface area contributed by atoms with E-state index < -0.39 is 25.6 Å². The third-order valence-electron chi connectivity index (χ3n) is 4.03. The molecule has 7 heteroatoms. The van der Waals surface area contributed by atoms with E-state index in [2.05, 4.69) is 14.9 Å². The summed E-state index contributed by atoms with van der Waals surface area (Å²) in [5, 5.41) is 2.43. The van der Waals surface area contributed by atoms with E-state index in [0.29, 0.717) is 0 Å². The molecule has 0 aliphatic rings. The highest BCUT2D eigenvalue weighted by Gasteiger charge is 2.20.